The molecular formula is C22H25ClN2O2S. The molecule has 0 radical (unpaired) electrons. The lowest BCUT2D eigenvalue weighted by molar-refractivity contribution is 0.0689. The number of hydrogen-bond acceptors (Lipinski definition) is 4. The van der Waals surface area contributed by atoms with Gasteiger partial charge in [0, 0.05) is 40.9 Å². The summed E-state index contributed by atoms with van der Waals surface area (Å²) >= 11 is 7.88. The number of para-hydroxylation sites is 1. The number of rotatable bonds is 5. The molecule has 0 spiro atoms. The molecule has 2 aliphatic heterocycles. The normalized spacial score (nSPS) is 19.8. The van der Waals surface area contributed by atoms with Gasteiger partial charge in [0.25, 0.3) is 5.91 Å². The molecule has 4 rings (SSSR count). The maximum Gasteiger partial charge on any atom is 0.253 e. The average molecular weight is 417 g/mol. The predicted molar refractivity (Wildman–Crippen MR) is 115 cm³/mol. The van der Waals surface area contributed by atoms with Gasteiger partial charge in [-0.3, -0.25) is 4.79 Å². The van der Waals surface area contributed by atoms with E-state index in [0.717, 1.165) is 50.5 Å². The number of fused-ring (bicyclic) bond motifs is 1. The molecule has 2 aliphatic rings. The van der Waals surface area contributed by atoms with Crippen molar-refractivity contribution in [1.29, 1.82) is 0 Å². The van der Waals surface area contributed by atoms with Crippen LogP contribution in [0.2, 0.25) is 5.02 Å². The Bertz CT molecular complexity index is 824. The minimum atomic E-state index is 0.0835. The minimum Gasteiger partial charge on any atom is -0.487 e. The van der Waals surface area contributed by atoms with E-state index in [-0.39, 0.29) is 12.0 Å². The van der Waals surface area contributed by atoms with Crippen LogP contribution in [-0.4, -0.2) is 48.8 Å². The first kappa shape index (κ1) is 19.6. The molecule has 1 unspecified atom stereocenters. The Hall–Kier alpha value is -1.69. The highest BCUT2D eigenvalue weighted by molar-refractivity contribution is 7.99. The molecule has 0 bridgehead atoms. The van der Waals surface area contributed by atoms with Gasteiger partial charge in [0.15, 0.2) is 0 Å². The summed E-state index contributed by atoms with van der Waals surface area (Å²) in [6.07, 6.45) is 2.27. The molecule has 1 atom stereocenters. The maximum absolute atomic E-state index is 12.6. The highest BCUT2D eigenvalue weighted by Crippen LogP contribution is 2.34. The van der Waals surface area contributed by atoms with E-state index in [0.29, 0.717) is 16.5 Å². The topological polar surface area (TPSA) is 41.6 Å². The fourth-order valence-electron chi connectivity index (χ4n) is 3.76. The Kier molecular flexibility index (Phi) is 6.45. The van der Waals surface area contributed by atoms with Crippen molar-refractivity contribution in [2.75, 3.05) is 31.9 Å². The SMILES string of the molecule is O=C(c1cccc(Cl)c1)N1CCC(CNCC2CSc3ccccc3O2)CC1. The maximum atomic E-state index is 12.6. The number of nitrogens with zero attached hydrogens (tertiary/aromatic N) is 1. The van der Waals surface area contributed by atoms with Gasteiger partial charge in [-0.2, -0.15) is 0 Å². The first-order valence-corrected chi connectivity index (χ1v) is 11.2. The van der Waals surface area contributed by atoms with E-state index in [2.05, 4.69) is 17.4 Å². The van der Waals surface area contributed by atoms with Crippen LogP contribution in [0, 0.1) is 5.92 Å². The predicted octanol–water partition coefficient (Wildman–Crippen LogP) is 4.34. The molecule has 2 aromatic carbocycles. The second kappa shape index (κ2) is 9.21. The number of piperidine rings is 1. The summed E-state index contributed by atoms with van der Waals surface area (Å²) in [4.78, 5) is 15.8. The number of likely N-dealkylation sites (tertiary alicyclic amines) is 1. The van der Waals surface area contributed by atoms with Crippen LogP contribution in [0.3, 0.4) is 0 Å². The van der Waals surface area contributed by atoms with Crippen molar-refractivity contribution in [3.05, 3.63) is 59.1 Å². The van der Waals surface area contributed by atoms with Gasteiger partial charge >= 0.3 is 0 Å². The Morgan fingerprint density at radius 1 is 1.14 bits per heavy atom. The first-order valence-electron chi connectivity index (χ1n) is 9.83. The highest BCUT2D eigenvalue weighted by atomic mass is 35.5. The second-order valence-electron chi connectivity index (χ2n) is 7.40. The zero-order valence-electron chi connectivity index (χ0n) is 15.8. The van der Waals surface area contributed by atoms with Crippen LogP contribution in [-0.2, 0) is 0 Å². The van der Waals surface area contributed by atoms with Gasteiger partial charge in [-0.05, 0) is 55.6 Å². The number of amides is 1. The molecule has 1 fully saturated rings. The quantitative estimate of drug-likeness (QED) is 0.787. The summed E-state index contributed by atoms with van der Waals surface area (Å²) in [5.41, 5.74) is 0.677. The van der Waals surface area contributed by atoms with E-state index in [1.54, 1.807) is 12.1 Å². The number of carbonyl (C=O) groups excluding carboxylic acids is 1. The lowest BCUT2D eigenvalue weighted by Crippen LogP contribution is -2.42. The molecule has 2 heterocycles. The second-order valence-corrected chi connectivity index (χ2v) is 8.90. The Morgan fingerprint density at radius 3 is 2.79 bits per heavy atom. The summed E-state index contributed by atoms with van der Waals surface area (Å²) in [7, 11) is 0. The van der Waals surface area contributed by atoms with Crippen LogP contribution in [0.1, 0.15) is 23.2 Å². The summed E-state index contributed by atoms with van der Waals surface area (Å²) in [5, 5.41) is 4.19. The van der Waals surface area contributed by atoms with Gasteiger partial charge in [0.1, 0.15) is 11.9 Å². The minimum absolute atomic E-state index is 0.0835. The van der Waals surface area contributed by atoms with Crippen molar-refractivity contribution in [2.24, 2.45) is 5.92 Å². The average Bonchev–Trinajstić information content (AvgIpc) is 2.74. The number of nitrogens with one attached hydrogen (secondary N) is 1. The first-order chi connectivity index (χ1) is 13.7. The number of carbonyl (C=O) groups is 1. The van der Waals surface area contributed by atoms with Crippen molar-refractivity contribution >= 4 is 29.3 Å². The standard InChI is InChI=1S/C22H25ClN2O2S/c23-18-5-3-4-17(12-18)22(26)25-10-8-16(9-11-25)13-24-14-19-15-28-21-7-2-1-6-20(21)27-19/h1-7,12,16,19,24H,8-11,13-15H2. The van der Waals surface area contributed by atoms with Crippen molar-refractivity contribution in [3.63, 3.8) is 0 Å². The zero-order chi connectivity index (χ0) is 19.3. The molecule has 2 aromatic rings. The van der Waals surface area contributed by atoms with Gasteiger partial charge in [-0.25, -0.2) is 0 Å². The van der Waals surface area contributed by atoms with Gasteiger partial charge in [0.05, 0.1) is 0 Å². The fraction of sp³-hybridized carbons (Fsp3) is 0.409. The number of benzene rings is 2. The summed E-state index contributed by atoms with van der Waals surface area (Å²) in [6, 6.07) is 15.4. The van der Waals surface area contributed by atoms with Crippen LogP contribution in [0.25, 0.3) is 0 Å². The van der Waals surface area contributed by atoms with Crippen LogP contribution >= 0.6 is 23.4 Å². The molecule has 4 nitrogen and oxygen atoms in total. The van der Waals surface area contributed by atoms with E-state index in [1.165, 1.54) is 4.90 Å². The molecule has 6 heteroatoms. The molecular weight excluding hydrogens is 392 g/mol. The Morgan fingerprint density at radius 2 is 1.96 bits per heavy atom. The molecule has 148 valence electrons. The van der Waals surface area contributed by atoms with Crippen molar-refractivity contribution in [2.45, 2.75) is 23.8 Å². The Labute approximate surface area is 175 Å². The van der Waals surface area contributed by atoms with E-state index in [9.17, 15) is 4.79 Å². The third-order valence-corrected chi connectivity index (χ3v) is 6.77. The van der Waals surface area contributed by atoms with Crippen LogP contribution < -0.4 is 10.1 Å². The summed E-state index contributed by atoms with van der Waals surface area (Å²) in [6.45, 7) is 3.45. The number of ether oxygens (including phenoxy) is 1. The van der Waals surface area contributed by atoms with Crippen LogP contribution in [0.4, 0.5) is 0 Å². The largest absolute Gasteiger partial charge is 0.487 e. The summed E-state index contributed by atoms with van der Waals surface area (Å²) in [5.74, 6) is 2.67. The molecule has 28 heavy (non-hydrogen) atoms. The third-order valence-electron chi connectivity index (χ3n) is 5.35. The lowest BCUT2D eigenvalue weighted by atomic mass is 9.96. The number of hydrogen-bond donors (Lipinski definition) is 1. The van der Waals surface area contributed by atoms with E-state index in [1.807, 2.05) is 40.9 Å². The highest BCUT2D eigenvalue weighted by Gasteiger charge is 2.24. The molecule has 0 aromatic heterocycles. The molecule has 1 N–H and O–H groups in total. The van der Waals surface area contributed by atoms with Crippen LogP contribution in [0.5, 0.6) is 5.75 Å². The monoisotopic (exact) mass is 416 g/mol. The van der Waals surface area contributed by atoms with Gasteiger partial charge in [-0.1, -0.05) is 29.8 Å². The molecule has 0 aliphatic carbocycles. The van der Waals surface area contributed by atoms with Crippen LogP contribution in [0.15, 0.2) is 53.4 Å². The molecule has 1 saturated heterocycles. The van der Waals surface area contributed by atoms with E-state index < -0.39 is 0 Å². The van der Waals surface area contributed by atoms with Gasteiger partial charge < -0.3 is 15.0 Å². The van der Waals surface area contributed by atoms with E-state index >= 15 is 0 Å². The fourth-order valence-corrected chi connectivity index (χ4v) is 4.93. The van der Waals surface area contributed by atoms with Gasteiger partial charge in [0.2, 0.25) is 0 Å². The summed E-state index contributed by atoms with van der Waals surface area (Å²) < 4.78 is 6.08. The smallest absolute Gasteiger partial charge is 0.253 e. The van der Waals surface area contributed by atoms with Crippen molar-refractivity contribution < 1.29 is 9.53 Å². The van der Waals surface area contributed by atoms with Gasteiger partial charge in [-0.15, -0.1) is 11.8 Å². The number of halogens is 1. The number of thioether (sulfide) groups is 1. The van der Waals surface area contributed by atoms with E-state index in [4.69, 9.17) is 16.3 Å². The molecule has 1 amide bonds. The molecule has 0 saturated carbocycles. The Balaban J connectivity index is 1.19. The third kappa shape index (κ3) is 4.83. The lowest BCUT2D eigenvalue weighted by Gasteiger charge is -2.33. The van der Waals surface area contributed by atoms with Crippen molar-refractivity contribution in [1.82, 2.24) is 10.2 Å². The van der Waals surface area contributed by atoms with Crippen molar-refractivity contribution in [3.8, 4) is 5.75 Å². The zero-order valence-corrected chi connectivity index (χ0v) is 17.3.